The summed E-state index contributed by atoms with van der Waals surface area (Å²) >= 11 is 0. The van der Waals surface area contributed by atoms with Crippen molar-refractivity contribution >= 4 is 9.84 Å². The summed E-state index contributed by atoms with van der Waals surface area (Å²) in [5, 5.41) is -0.473. The van der Waals surface area contributed by atoms with Crippen molar-refractivity contribution < 1.29 is 8.42 Å². The van der Waals surface area contributed by atoms with E-state index >= 15 is 0 Å². The van der Waals surface area contributed by atoms with Gasteiger partial charge in [0.25, 0.3) is 0 Å². The molecule has 0 spiro atoms. The molecule has 2 aromatic carbocycles. The molecule has 0 aliphatic heterocycles. The second-order valence-corrected chi connectivity index (χ2v) is 7.70. The molecule has 0 saturated heterocycles. The Morgan fingerprint density at radius 2 is 1.38 bits per heavy atom. The summed E-state index contributed by atoms with van der Waals surface area (Å²) in [6.07, 6.45) is 5.54. The molecule has 3 heteroatoms. The maximum absolute atomic E-state index is 12.3. The molecule has 128 valence electrons. The number of hydrogen-bond acceptors (Lipinski definition) is 2. The summed E-state index contributed by atoms with van der Waals surface area (Å²) < 4.78 is 24.6. The molecule has 0 aliphatic carbocycles. The average Bonchev–Trinajstić information content (AvgIpc) is 2.63. The van der Waals surface area contributed by atoms with Crippen LogP contribution in [0.3, 0.4) is 0 Å². The van der Waals surface area contributed by atoms with Crippen LogP contribution in [0.2, 0.25) is 0 Å². The SMILES string of the molecule is C/C=C\C(=C/C)CS(=O)(=O)C(C)c1ccccc1.c1ccccc1. The largest absolute Gasteiger partial charge is 0.228 e. The Labute approximate surface area is 146 Å². The lowest BCUT2D eigenvalue weighted by Crippen LogP contribution is -2.15. The zero-order chi connectivity index (χ0) is 17.8. The lowest BCUT2D eigenvalue weighted by atomic mass is 10.2. The molecule has 0 radical (unpaired) electrons. The molecule has 1 atom stereocenters. The zero-order valence-corrected chi connectivity index (χ0v) is 15.4. The van der Waals surface area contributed by atoms with E-state index in [4.69, 9.17) is 0 Å². The number of sulfone groups is 1. The van der Waals surface area contributed by atoms with Gasteiger partial charge in [0.15, 0.2) is 9.84 Å². The maximum atomic E-state index is 12.3. The fourth-order valence-electron chi connectivity index (χ4n) is 2.12. The predicted octanol–water partition coefficient (Wildman–Crippen LogP) is 5.37. The third-order valence-electron chi connectivity index (χ3n) is 3.59. The van der Waals surface area contributed by atoms with Crippen molar-refractivity contribution in [3.8, 4) is 0 Å². The van der Waals surface area contributed by atoms with Gasteiger partial charge in [-0.05, 0) is 31.9 Å². The van der Waals surface area contributed by atoms with Crippen LogP contribution in [0.5, 0.6) is 0 Å². The van der Waals surface area contributed by atoms with Gasteiger partial charge < -0.3 is 0 Å². The van der Waals surface area contributed by atoms with Crippen LogP contribution >= 0.6 is 0 Å². The molecule has 0 heterocycles. The van der Waals surface area contributed by atoms with Crippen molar-refractivity contribution in [2.45, 2.75) is 26.0 Å². The van der Waals surface area contributed by atoms with E-state index < -0.39 is 15.1 Å². The van der Waals surface area contributed by atoms with E-state index in [1.54, 1.807) is 6.92 Å². The third-order valence-corrected chi connectivity index (χ3v) is 5.68. The van der Waals surface area contributed by atoms with Crippen molar-refractivity contribution in [2.24, 2.45) is 0 Å². The maximum Gasteiger partial charge on any atom is 0.161 e. The van der Waals surface area contributed by atoms with Crippen molar-refractivity contribution in [3.63, 3.8) is 0 Å². The highest BCUT2D eigenvalue weighted by Crippen LogP contribution is 2.23. The summed E-state index contributed by atoms with van der Waals surface area (Å²) in [6, 6.07) is 21.3. The average molecular weight is 343 g/mol. The fourth-order valence-corrected chi connectivity index (χ4v) is 3.66. The molecule has 2 aromatic rings. The highest BCUT2D eigenvalue weighted by molar-refractivity contribution is 7.91. The van der Waals surface area contributed by atoms with E-state index in [0.717, 1.165) is 11.1 Å². The van der Waals surface area contributed by atoms with E-state index in [0.29, 0.717) is 0 Å². The molecule has 2 rings (SSSR count). The highest BCUT2D eigenvalue weighted by Gasteiger charge is 2.22. The van der Waals surface area contributed by atoms with Gasteiger partial charge in [-0.3, -0.25) is 0 Å². The Kier molecular flexibility index (Phi) is 8.80. The lowest BCUT2D eigenvalue weighted by molar-refractivity contribution is 0.588. The zero-order valence-electron chi connectivity index (χ0n) is 14.6. The summed E-state index contributed by atoms with van der Waals surface area (Å²) in [5.41, 5.74) is 1.67. The fraction of sp³-hybridized carbons (Fsp3) is 0.238. The molecule has 2 nitrogen and oxygen atoms in total. The summed E-state index contributed by atoms with van der Waals surface area (Å²) in [7, 11) is -3.17. The number of allylic oxidation sites excluding steroid dienone is 3. The van der Waals surface area contributed by atoms with Crippen molar-refractivity contribution in [2.75, 3.05) is 5.75 Å². The Bertz CT molecular complexity index is 703. The molecule has 0 aromatic heterocycles. The number of benzene rings is 2. The normalized spacial score (nSPS) is 13.2. The molecular weight excluding hydrogens is 316 g/mol. The second-order valence-electron chi connectivity index (χ2n) is 5.38. The van der Waals surface area contributed by atoms with Crippen LogP contribution in [0.15, 0.2) is 90.5 Å². The minimum atomic E-state index is -3.17. The molecule has 0 saturated carbocycles. The van der Waals surface area contributed by atoms with Crippen LogP contribution in [0.4, 0.5) is 0 Å². The molecule has 1 unspecified atom stereocenters. The molecule has 0 fully saturated rings. The predicted molar refractivity (Wildman–Crippen MR) is 104 cm³/mol. The quantitative estimate of drug-likeness (QED) is 0.684. The summed E-state index contributed by atoms with van der Waals surface area (Å²) in [5.74, 6) is 0.0872. The van der Waals surface area contributed by atoms with Crippen LogP contribution in [-0.4, -0.2) is 14.2 Å². The molecule has 24 heavy (non-hydrogen) atoms. The molecule has 0 bridgehead atoms. The van der Waals surface area contributed by atoms with Gasteiger partial charge in [0.05, 0.1) is 11.0 Å². The van der Waals surface area contributed by atoms with Crippen molar-refractivity contribution in [3.05, 3.63) is 96.1 Å². The van der Waals surface area contributed by atoms with Gasteiger partial charge >= 0.3 is 0 Å². The summed E-state index contributed by atoms with van der Waals surface area (Å²) in [6.45, 7) is 5.49. The Morgan fingerprint density at radius 3 is 1.79 bits per heavy atom. The van der Waals surface area contributed by atoms with Gasteiger partial charge in [-0.1, -0.05) is 85.0 Å². The topological polar surface area (TPSA) is 34.1 Å². The minimum Gasteiger partial charge on any atom is -0.228 e. The van der Waals surface area contributed by atoms with Crippen LogP contribution in [0.1, 0.15) is 31.6 Å². The first-order valence-electron chi connectivity index (χ1n) is 8.05. The van der Waals surface area contributed by atoms with Gasteiger partial charge in [-0.2, -0.15) is 0 Å². The summed E-state index contributed by atoms with van der Waals surface area (Å²) in [4.78, 5) is 0. The van der Waals surface area contributed by atoms with Gasteiger partial charge in [0, 0.05) is 0 Å². The van der Waals surface area contributed by atoms with Gasteiger partial charge in [0.2, 0.25) is 0 Å². The monoisotopic (exact) mass is 342 g/mol. The Balaban J connectivity index is 0.000000400. The highest BCUT2D eigenvalue weighted by atomic mass is 32.2. The number of hydrogen-bond donors (Lipinski definition) is 0. The van der Waals surface area contributed by atoms with Crippen LogP contribution in [-0.2, 0) is 9.84 Å². The molecule has 0 aliphatic rings. The van der Waals surface area contributed by atoms with Gasteiger partial charge in [0.1, 0.15) is 0 Å². The van der Waals surface area contributed by atoms with E-state index in [-0.39, 0.29) is 5.75 Å². The first kappa shape index (κ1) is 19.9. The third kappa shape index (κ3) is 6.97. The van der Waals surface area contributed by atoms with E-state index in [2.05, 4.69) is 0 Å². The smallest absolute Gasteiger partial charge is 0.161 e. The van der Waals surface area contributed by atoms with Gasteiger partial charge in [-0.25, -0.2) is 8.42 Å². The number of rotatable bonds is 5. The Morgan fingerprint density at radius 1 is 0.917 bits per heavy atom. The van der Waals surface area contributed by atoms with Gasteiger partial charge in [-0.15, -0.1) is 0 Å². The van der Waals surface area contributed by atoms with E-state index in [1.165, 1.54) is 0 Å². The molecule has 0 amide bonds. The second kappa shape index (κ2) is 10.6. The Hall–Kier alpha value is -2.13. The lowest BCUT2D eigenvalue weighted by Gasteiger charge is -2.13. The van der Waals surface area contributed by atoms with E-state index in [9.17, 15) is 8.42 Å². The van der Waals surface area contributed by atoms with Crippen LogP contribution < -0.4 is 0 Å². The van der Waals surface area contributed by atoms with Crippen LogP contribution in [0.25, 0.3) is 0 Å². The molecular formula is C21H26O2S. The van der Waals surface area contributed by atoms with Crippen molar-refractivity contribution in [1.82, 2.24) is 0 Å². The van der Waals surface area contributed by atoms with Crippen LogP contribution in [0, 0.1) is 0 Å². The van der Waals surface area contributed by atoms with Crippen molar-refractivity contribution in [1.29, 1.82) is 0 Å². The van der Waals surface area contributed by atoms with E-state index in [1.807, 2.05) is 98.8 Å². The minimum absolute atomic E-state index is 0.0872. The molecule has 0 N–H and O–H groups in total. The standard InChI is InChI=1S/C15H20O2S.C6H6/c1-4-9-14(5-2)12-18(16,17)13(3)15-10-7-6-8-11-15;1-2-4-6-5-3-1/h4-11,13H,12H2,1-3H3;1-6H/b9-4-,14-5+;. The first-order valence-corrected chi connectivity index (χ1v) is 9.77. The first-order chi connectivity index (χ1) is 11.5.